The predicted octanol–water partition coefficient (Wildman–Crippen LogP) is 3.79. The second-order valence-corrected chi connectivity index (χ2v) is 5.76. The van der Waals surface area contributed by atoms with Crippen LogP contribution < -0.4 is 5.32 Å². The van der Waals surface area contributed by atoms with Crippen LogP contribution in [0.3, 0.4) is 0 Å². The van der Waals surface area contributed by atoms with Crippen molar-refractivity contribution < 1.29 is 9.18 Å². The molecule has 18 heavy (non-hydrogen) atoms. The van der Waals surface area contributed by atoms with Gasteiger partial charge in [-0.2, -0.15) is 0 Å². The van der Waals surface area contributed by atoms with Crippen molar-refractivity contribution >= 4 is 17.5 Å². The summed E-state index contributed by atoms with van der Waals surface area (Å²) in [5.74, 6) is -0.920. The third kappa shape index (κ3) is 3.02. The van der Waals surface area contributed by atoms with Crippen LogP contribution in [-0.2, 0) is 0 Å². The molecule has 98 valence electrons. The average molecular weight is 270 g/mol. The normalized spacial score (nSPS) is 17.7. The molecular formula is C14H17ClFNO. The Bertz CT molecular complexity index is 455. The van der Waals surface area contributed by atoms with Crippen LogP contribution in [0.1, 0.15) is 43.0 Å². The Morgan fingerprint density at radius 3 is 2.78 bits per heavy atom. The molecule has 1 aliphatic carbocycles. The number of nitrogens with one attached hydrogen (secondary N) is 1. The van der Waals surface area contributed by atoms with Gasteiger partial charge in [0.25, 0.3) is 5.91 Å². The first-order valence-electron chi connectivity index (χ1n) is 6.23. The van der Waals surface area contributed by atoms with Gasteiger partial charge in [-0.3, -0.25) is 4.79 Å². The zero-order valence-electron chi connectivity index (χ0n) is 10.4. The lowest BCUT2D eigenvalue weighted by atomic mass is 9.89. The standard InChI is InChI=1S/C14H17ClFNO/c1-14(6-2-3-7-14)9-17-13(18)11-8-10(15)4-5-12(11)16/h4-5,8H,2-3,6-7,9H2,1H3,(H,17,18). The van der Waals surface area contributed by atoms with Crippen molar-refractivity contribution in [1.82, 2.24) is 5.32 Å². The molecule has 0 heterocycles. The van der Waals surface area contributed by atoms with Crippen molar-refractivity contribution in [2.24, 2.45) is 5.41 Å². The molecular weight excluding hydrogens is 253 g/mol. The second-order valence-electron chi connectivity index (χ2n) is 5.32. The van der Waals surface area contributed by atoms with Gasteiger partial charge in [-0.25, -0.2) is 4.39 Å². The summed E-state index contributed by atoms with van der Waals surface area (Å²) in [5, 5.41) is 3.18. The van der Waals surface area contributed by atoms with Gasteiger partial charge in [0.2, 0.25) is 0 Å². The van der Waals surface area contributed by atoms with Gasteiger partial charge in [-0.1, -0.05) is 31.4 Å². The van der Waals surface area contributed by atoms with Gasteiger partial charge in [-0.15, -0.1) is 0 Å². The summed E-state index contributed by atoms with van der Waals surface area (Å²) < 4.78 is 13.5. The van der Waals surface area contributed by atoms with Crippen LogP contribution in [0.4, 0.5) is 4.39 Å². The van der Waals surface area contributed by atoms with Crippen LogP contribution in [0.15, 0.2) is 18.2 Å². The molecule has 2 nitrogen and oxygen atoms in total. The van der Waals surface area contributed by atoms with E-state index in [0.29, 0.717) is 11.6 Å². The highest BCUT2D eigenvalue weighted by Gasteiger charge is 2.29. The molecule has 0 radical (unpaired) electrons. The number of hydrogen-bond donors (Lipinski definition) is 1. The fourth-order valence-electron chi connectivity index (χ4n) is 2.47. The molecule has 0 spiro atoms. The first kappa shape index (κ1) is 13.3. The van der Waals surface area contributed by atoms with E-state index in [0.717, 1.165) is 12.8 Å². The van der Waals surface area contributed by atoms with Crippen LogP contribution in [0, 0.1) is 11.2 Å². The first-order chi connectivity index (χ1) is 8.50. The summed E-state index contributed by atoms with van der Waals surface area (Å²) in [6.07, 6.45) is 4.65. The monoisotopic (exact) mass is 269 g/mol. The molecule has 0 aliphatic heterocycles. The number of carbonyl (C=O) groups is 1. The van der Waals surface area contributed by atoms with E-state index in [4.69, 9.17) is 11.6 Å². The predicted molar refractivity (Wildman–Crippen MR) is 70.3 cm³/mol. The van der Waals surface area contributed by atoms with Crippen molar-refractivity contribution in [3.63, 3.8) is 0 Å². The maximum atomic E-state index is 13.5. The summed E-state index contributed by atoms with van der Waals surface area (Å²) >= 11 is 5.77. The van der Waals surface area contributed by atoms with Crippen LogP contribution >= 0.6 is 11.6 Å². The largest absolute Gasteiger partial charge is 0.351 e. The Labute approximate surface area is 112 Å². The fourth-order valence-corrected chi connectivity index (χ4v) is 2.64. The molecule has 1 N–H and O–H groups in total. The van der Waals surface area contributed by atoms with Crippen LogP contribution in [0.5, 0.6) is 0 Å². The molecule has 0 unspecified atom stereocenters. The highest BCUT2D eigenvalue weighted by molar-refractivity contribution is 6.30. The van der Waals surface area contributed by atoms with Gasteiger partial charge in [-0.05, 0) is 36.5 Å². The van der Waals surface area contributed by atoms with Gasteiger partial charge in [0.15, 0.2) is 0 Å². The van der Waals surface area contributed by atoms with E-state index < -0.39 is 5.82 Å². The van der Waals surface area contributed by atoms with E-state index >= 15 is 0 Å². The highest BCUT2D eigenvalue weighted by Crippen LogP contribution is 2.36. The van der Waals surface area contributed by atoms with E-state index in [1.165, 1.54) is 31.0 Å². The lowest BCUT2D eigenvalue weighted by molar-refractivity contribution is 0.0930. The first-order valence-corrected chi connectivity index (χ1v) is 6.61. The Morgan fingerprint density at radius 2 is 2.11 bits per heavy atom. The molecule has 1 saturated carbocycles. The van der Waals surface area contributed by atoms with Crippen LogP contribution in [-0.4, -0.2) is 12.5 Å². The molecule has 1 fully saturated rings. The molecule has 1 aromatic rings. The quantitative estimate of drug-likeness (QED) is 0.889. The van der Waals surface area contributed by atoms with Crippen molar-refractivity contribution in [2.75, 3.05) is 6.54 Å². The highest BCUT2D eigenvalue weighted by atomic mass is 35.5. The Balaban J connectivity index is 2.01. The molecule has 1 amide bonds. The molecule has 0 aromatic heterocycles. The lowest BCUT2D eigenvalue weighted by Crippen LogP contribution is -2.34. The number of rotatable bonds is 3. The van der Waals surface area contributed by atoms with Gasteiger partial charge in [0.05, 0.1) is 5.56 Å². The van der Waals surface area contributed by atoms with Gasteiger partial charge >= 0.3 is 0 Å². The molecule has 0 atom stereocenters. The zero-order chi connectivity index (χ0) is 13.2. The minimum atomic E-state index is -0.534. The van der Waals surface area contributed by atoms with Crippen LogP contribution in [0.2, 0.25) is 5.02 Å². The number of hydrogen-bond acceptors (Lipinski definition) is 1. The van der Waals surface area contributed by atoms with Crippen LogP contribution in [0.25, 0.3) is 0 Å². The van der Waals surface area contributed by atoms with Crippen molar-refractivity contribution in [1.29, 1.82) is 0 Å². The summed E-state index contributed by atoms with van der Waals surface area (Å²) in [6, 6.07) is 4.02. The Kier molecular flexibility index (Phi) is 3.91. The second kappa shape index (κ2) is 5.27. The minimum Gasteiger partial charge on any atom is -0.351 e. The fraction of sp³-hybridized carbons (Fsp3) is 0.500. The molecule has 0 saturated heterocycles. The maximum absolute atomic E-state index is 13.5. The van der Waals surface area contributed by atoms with E-state index in [-0.39, 0.29) is 16.9 Å². The average Bonchev–Trinajstić information content (AvgIpc) is 2.77. The van der Waals surface area contributed by atoms with Crippen molar-refractivity contribution in [3.8, 4) is 0 Å². The van der Waals surface area contributed by atoms with E-state index in [2.05, 4.69) is 12.2 Å². The van der Waals surface area contributed by atoms with Gasteiger partial charge < -0.3 is 5.32 Å². The Morgan fingerprint density at radius 1 is 1.44 bits per heavy atom. The Hall–Kier alpha value is -1.09. The number of carbonyl (C=O) groups excluding carboxylic acids is 1. The number of halogens is 2. The minimum absolute atomic E-state index is 0.0177. The van der Waals surface area contributed by atoms with Crippen molar-refractivity contribution in [2.45, 2.75) is 32.6 Å². The molecule has 4 heteroatoms. The van der Waals surface area contributed by atoms with E-state index in [9.17, 15) is 9.18 Å². The smallest absolute Gasteiger partial charge is 0.254 e. The summed E-state index contributed by atoms with van der Waals surface area (Å²) in [6.45, 7) is 2.76. The van der Waals surface area contributed by atoms with E-state index in [1.54, 1.807) is 0 Å². The zero-order valence-corrected chi connectivity index (χ0v) is 11.2. The molecule has 1 aliphatic rings. The summed E-state index contributed by atoms with van der Waals surface area (Å²) in [4.78, 5) is 11.9. The molecule has 2 rings (SSSR count). The van der Waals surface area contributed by atoms with Crippen molar-refractivity contribution in [3.05, 3.63) is 34.6 Å². The molecule has 1 aromatic carbocycles. The summed E-state index contributed by atoms with van der Waals surface area (Å²) in [7, 11) is 0. The SMILES string of the molecule is CC1(CNC(=O)c2cc(Cl)ccc2F)CCCC1. The topological polar surface area (TPSA) is 29.1 Å². The van der Waals surface area contributed by atoms with Gasteiger partial charge in [0.1, 0.15) is 5.82 Å². The lowest BCUT2D eigenvalue weighted by Gasteiger charge is -2.23. The maximum Gasteiger partial charge on any atom is 0.254 e. The van der Waals surface area contributed by atoms with E-state index in [1.807, 2.05) is 0 Å². The third-order valence-corrected chi connectivity index (χ3v) is 3.89. The molecule has 0 bridgehead atoms. The number of benzene rings is 1. The summed E-state index contributed by atoms with van der Waals surface area (Å²) in [5.41, 5.74) is 0.175. The number of amides is 1. The third-order valence-electron chi connectivity index (χ3n) is 3.66. The van der Waals surface area contributed by atoms with Gasteiger partial charge in [0, 0.05) is 11.6 Å².